The molecule has 1 atom stereocenters. The zero-order valence-electron chi connectivity index (χ0n) is 10.6. The van der Waals surface area contributed by atoms with Gasteiger partial charge in [-0.05, 0) is 25.0 Å². The number of carbonyl (C=O) groups excluding carboxylic acids is 2. The number of esters is 1. The predicted octanol–water partition coefficient (Wildman–Crippen LogP) is 1.25. The first-order chi connectivity index (χ1) is 9.24. The van der Waals surface area contributed by atoms with Gasteiger partial charge in [0.05, 0.1) is 6.61 Å². The summed E-state index contributed by atoms with van der Waals surface area (Å²) in [6, 6.07) is 5.57. The Kier molecular flexibility index (Phi) is 3.19. The van der Waals surface area contributed by atoms with Crippen LogP contribution in [-0.4, -0.2) is 41.0 Å². The van der Waals surface area contributed by atoms with Crippen LogP contribution in [0.3, 0.4) is 0 Å². The van der Waals surface area contributed by atoms with Crippen molar-refractivity contribution in [3.63, 3.8) is 0 Å². The fourth-order valence-electron chi connectivity index (χ4n) is 2.41. The fourth-order valence-corrected chi connectivity index (χ4v) is 2.41. The number of likely N-dealkylation sites (tertiary alicyclic amines) is 1. The number of aromatic nitrogens is 1. The zero-order valence-corrected chi connectivity index (χ0v) is 10.6. The van der Waals surface area contributed by atoms with Crippen molar-refractivity contribution in [2.75, 3.05) is 13.2 Å². The Balaban J connectivity index is 1.50. The van der Waals surface area contributed by atoms with Gasteiger partial charge in [0.2, 0.25) is 5.91 Å². The first kappa shape index (κ1) is 12.1. The molecule has 1 aromatic heterocycles. The molecule has 19 heavy (non-hydrogen) atoms. The monoisotopic (exact) mass is 260 g/mol. The molecular weight excluding hydrogens is 244 g/mol. The van der Waals surface area contributed by atoms with E-state index in [4.69, 9.17) is 4.74 Å². The fraction of sp³-hybridized carbons (Fsp3) is 0.500. The number of carbonyl (C=O) groups is 2. The number of pyridine rings is 1. The molecule has 1 amide bonds. The molecular formula is C14H16N2O3. The molecule has 0 N–H and O–H groups in total. The Bertz CT molecular complexity index is 485. The molecule has 2 aliphatic rings. The van der Waals surface area contributed by atoms with Crippen LogP contribution in [0.25, 0.3) is 0 Å². The van der Waals surface area contributed by atoms with Gasteiger partial charge in [-0.1, -0.05) is 6.07 Å². The summed E-state index contributed by atoms with van der Waals surface area (Å²) >= 11 is 0. The van der Waals surface area contributed by atoms with E-state index in [2.05, 4.69) is 4.98 Å². The van der Waals surface area contributed by atoms with Gasteiger partial charge in [-0.2, -0.15) is 0 Å². The lowest BCUT2D eigenvalue weighted by atomic mass is 10.1. The van der Waals surface area contributed by atoms with Crippen molar-refractivity contribution in [2.24, 2.45) is 5.92 Å². The topological polar surface area (TPSA) is 59.5 Å². The quantitative estimate of drug-likeness (QED) is 0.764. The van der Waals surface area contributed by atoms with Gasteiger partial charge in [-0.15, -0.1) is 0 Å². The highest BCUT2D eigenvalue weighted by Crippen LogP contribution is 2.32. The third-order valence-electron chi connectivity index (χ3n) is 3.55. The standard InChI is InChI=1S/C14H16N2O3/c17-13-7-10(8-16(13)11-4-5-11)9-19-14(18)12-3-1-2-6-15-12/h1-3,6,10-11H,4-5,7-9H2. The molecule has 0 aromatic carbocycles. The van der Waals surface area contributed by atoms with Crippen LogP contribution in [0, 0.1) is 5.92 Å². The number of hydrogen-bond donors (Lipinski definition) is 0. The third-order valence-corrected chi connectivity index (χ3v) is 3.55. The van der Waals surface area contributed by atoms with Gasteiger partial charge in [0, 0.05) is 31.1 Å². The first-order valence-corrected chi connectivity index (χ1v) is 6.61. The van der Waals surface area contributed by atoms with Crippen molar-refractivity contribution in [3.8, 4) is 0 Å². The van der Waals surface area contributed by atoms with Gasteiger partial charge in [0.15, 0.2) is 0 Å². The maximum absolute atomic E-state index is 11.8. The van der Waals surface area contributed by atoms with Crippen LogP contribution in [0.2, 0.25) is 0 Å². The highest BCUT2D eigenvalue weighted by Gasteiger charge is 2.39. The van der Waals surface area contributed by atoms with Gasteiger partial charge in [-0.3, -0.25) is 4.79 Å². The van der Waals surface area contributed by atoms with Crippen molar-refractivity contribution >= 4 is 11.9 Å². The van der Waals surface area contributed by atoms with Crippen molar-refractivity contribution in [3.05, 3.63) is 30.1 Å². The minimum Gasteiger partial charge on any atom is -0.461 e. The Morgan fingerprint density at radius 1 is 1.42 bits per heavy atom. The average Bonchev–Trinajstić information content (AvgIpc) is 3.21. The Morgan fingerprint density at radius 2 is 2.26 bits per heavy atom. The number of hydrogen-bond acceptors (Lipinski definition) is 4. The first-order valence-electron chi connectivity index (χ1n) is 6.61. The van der Waals surface area contributed by atoms with E-state index >= 15 is 0 Å². The summed E-state index contributed by atoms with van der Waals surface area (Å²) in [4.78, 5) is 29.4. The summed E-state index contributed by atoms with van der Waals surface area (Å²) in [5.41, 5.74) is 0.311. The third kappa shape index (κ3) is 2.75. The van der Waals surface area contributed by atoms with Gasteiger partial charge in [-0.25, -0.2) is 9.78 Å². The summed E-state index contributed by atoms with van der Waals surface area (Å²) in [6.07, 6.45) is 4.29. The number of amides is 1. The molecule has 0 bridgehead atoms. The molecule has 0 spiro atoms. The van der Waals surface area contributed by atoms with Crippen molar-refractivity contribution in [1.82, 2.24) is 9.88 Å². The molecule has 1 aliphatic carbocycles. The second-order valence-electron chi connectivity index (χ2n) is 5.16. The van der Waals surface area contributed by atoms with Crippen molar-refractivity contribution in [2.45, 2.75) is 25.3 Å². The van der Waals surface area contributed by atoms with E-state index in [1.807, 2.05) is 4.90 Å². The predicted molar refractivity (Wildman–Crippen MR) is 67.4 cm³/mol. The van der Waals surface area contributed by atoms with Gasteiger partial charge >= 0.3 is 5.97 Å². The van der Waals surface area contributed by atoms with E-state index in [1.54, 1.807) is 24.4 Å². The van der Waals surface area contributed by atoms with E-state index < -0.39 is 5.97 Å². The molecule has 1 aromatic rings. The Morgan fingerprint density at radius 3 is 2.95 bits per heavy atom. The molecule has 1 saturated heterocycles. The van der Waals surface area contributed by atoms with Crippen LogP contribution >= 0.6 is 0 Å². The molecule has 3 rings (SSSR count). The number of nitrogens with zero attached hydrogens (tertiary/aromatic N) is 2. The van der Waals surface area contributed by atoms with Crippen LogP contribution in [0.15, 0.2) is 24.4 Å². The Hall–Kier alpha value is -1.91. The average molecular weight is 260 g/mol. The zero-order chi connectivity index (χ0) is 13.2. The van der Waals surface area contributed by atoms with Crippen molar-refractivity contribution < 1.29 is 14.3 Å². The summed E-state index contributed by atoms with van der Waals surface area (Å²) in [5, 5.41) is 0. The van der Waals surface area contributed by atoms with Gasteiger partial charge in [0.25, 0.3) is 0 Å². The van der Waals surface area contributed by atoms with E-state index in [-0.39, 0.29) is 11.8 Å². The molecule has 2 fully saturated rings. The summed E-state index contributed by atoms with van der Waals surface area (Å²) in [6.45, 7) is 1.02. The minimum atomic E-state index is -0.419. The molecule has 1 unspecified atom stereocenters. The van der Waals surface area contributed by atoms with Crippen LogP contribution in [0.5, 0.6) is 0 Å². The van der Waals surface area contributed by atoms with Crippen LogP contribution in [-0.2, 0) is 9.53 Å². The largest absolute Gasteiger partial charge is 0.461 e. The normalized spacial score (nSPS) is 22.6. The summed E-state index contributed by atoms with van der Waals surface area (Å²) < 4.78 is 5.23. The maximum atomic E-state index is 11.8. The van der Waals surface area contributed by atoms with E-state index in [1.165, 1.54) is 0 Å². The molecule has 100 valence electrons. The second-order valence-corrected chi connectivity index (χ2v) is 5.16. The van der Waals surface area contributed by atoms with Gasteiger partial charge < -0.3 is 9.64 Å². The minimum absolute atomic E-state index is 0.126. The molecule has 1 aliphatic heterocycles. The molecule has 5 heteroatoms. The van der Waals surface area contributed by atoms with Crippen LogP contribution in [0.4, 0.5) is 0 Å². The summed E-state index contributed by atoms with van der Waals surface area (Å²) in [5.74, 6) is -0.0972. The van der Waals surface area contributed by atoms with E-state index in [0.29, 0.717) is 24.8 Å². The highest BCUT2D eigenvalue weighted by molar-refractivity contribution is 5.87. The molecule has 2 heterocycles. The smallest absolute Gasteiger partial charge is 0.356 e. The van der Waals surface area contributed by atoms with Gasteiger partial charge in [0.1, 0.15) is 5.69 Å². The SMILES string of the molecule is O=C(OCC1CC(=O)N(C2CC2)C1)c1ccccn1. The van der Waals surface area contributed by atoms with E-state index in [9.17, 15) is 9.59 Å². The van der Waals surface area contributed by atoms with Crippen LogP contribution in [0.1, 0.15) is 29.8 Å². The molecule has 1 saturated carbocycles. The lowest BCUT2D eigenvalue weighted by Gasteiger charge is -2.15. The Labute approximate surface area is 111 Å². The number of rotatable bonds is 4. The maximum Gasteiger partial charge on any atom is 0.356 e. The van der Waals surface area contributed by atoms with Crippen molar-refractivity contribution in [1.29, 1.82) is 0 Å². The lowest BCUT2D eigenvalue weighted by molar-refractivity contribution is -0.128. The number of ether oxygens (including phenoxy) is 1. The summed E-state index contributed by atoms with van der Waals surface area (Å²) in [7, 11) is 0. The van der Waals surface area contributed by atoms with E-state index in [0.717, 1.165) is 19.4 Å². The lowest BCUT2D eigenvalue weighted by Crippen LogP contribution is -2.28. The highest BCUT2D eigenvalue weighted by atomic mass is 16.5. The van der Waals surface area contributed by atoms with Crippen LogP contribution < -0.4 is 0 Å². The molecule has 0 radical (unpaired) electrons. The second kappa shape index (κ2) is 4.99. The molecule has 5 nitrogen and oxygen atoms in total.